The highest BCUT2D eigenvalue weighted by Gasteiger charge is 2.11. The van der Waals surface area contributed by atoms with Gasteiger partial charge in [0.2, 0.25) is 5.78 Å². The molecule has 0 aromatic heterocycles. The summed E-state index contributed by atoms with van der Waals surface area (Å²) in [7, 11) is 1.40. The van der Waals surface area contributed by atoms with Gasteiger partial charge in [-0.15, -0.1) is 0 Å². The number of carbonyl (C=O) groups excluding carboxylic acids is 1. The van der Waals surface area contributed by atoms with E-state index in [1.54, 1.807) is 0 Å². The normalized spacial score (nSPS) is 9.14. The minimum absolute atomic E-state index is 0.0214. The van der Waals surface area contributed by atoms with Crippen LogP contribution in [0.4, 0.5) is 0 Å². The van der Waals surface area contributed by atoms with Crippen molar-refractivity contribution in [3.05, 3.63) is 35.2 Å². The van der Waals surface area contributed by atoms with Crippen LogP contribution in [0.5, 0.6) is 11.5 Å². The lowest BCUT2D eigenvalue weighted by molar-refractivity contribution is 0.101. The zero-order valence-corrected chi connectivity index (χ0v) is 7.65. The van der Waals surface area contributed by atoms with E-state index in [1.165, 1.54) is 25.3 Å². The number of ether oxygens (including phenoxy) is 1. The molecule has 0 aliphatic heterocycles. The lowest BCUT2D eigenvalue weighted by Crippen LogP contribution is -2.01. The van der Waals surface area contributed by atoms with Gasteiger partial charge in [-0.3, -0.25) is 4.79 Å². The lowest BCUT2D eigenvalue weighted by Gasteiger charge is -2.03. The van der Waals surface area contributed by atoms with Crippen LogP contribution in [0.15, 0.2) is 18.2 Å². The lowest BCUT2D eigenvalue weighted by atomic mass is 10.1. The van der Waals surface area contributed by atoms with E-state index >= 15 is 0 Å². The van der Waals surface area contributed by atoms with Crippen LogP contribution in [0.1, 0.15) is 10.4 Å². The van der Waals surface area contributed by atoms with Gasteiger partial charge in [0.1, 0.15) is 0 Å². The van der Waals surface area contributed by atoms with Gasteiger partial charge >= 0.3 is 0 Å². The average Bonchev–Trinajstić information content (AvgIpc) is 2.19. The first-order valence-corrected chi connectivity index (χ1v) is 3.92. The molecule has 1 rings (SSSR count). The van der Waals surface area contributed by atoms with Crippen LogP contribution in [0.2, 0.25) is 0 Å². The number of methoxy groups -OCH3 is 1. The Balaban J connectivity index is 3.01. The van der Waals surface area contributed by atoms with Crippen LogP contribution in [0.25, 0.3) is 4.85 Å². The van der Waals surface area contributed by atoms with Crippen LogP contribution in [-0.2, 0) is 0 Å². The van der Waals surface area contributed by atoms with E-state index in [-0.39, 0.29) is 23.8 Å². The van der Waals surface area contributed by atoms with Gasteiger partial charge in [0.25, 0.3) is 6.54 Å². The molecule has 0 aliphatic rings. The standard InChI is InChI=1S/C10H9NO3/c1-11-6-9(13)7-3-4-8(12)10(5-7)14-2/h3-5,12H,6H2,2H3. The summed E-state index contributed by atoms with van der Waals surface area (Å²) in [4.78, 5) is 14.3. The van der Waals surface area contributed by atoms with Gasteiger partial charge in [0, 0.05) is 5.56 Å². The minimum Gasteiger partial charge on any atom is -0.504 e. The summed E-state index contributed by atoms with van der Waals surface area (Å²) in [6, 6.07) is 4.25. The Bertz CT molecular complexity index is 393. The van der Waals surface area contributed by atoms with Gasteiger partial charge < -0.3 is 14.7 Å². The maximum Gasteiger partial charge on any atom is 0.276 e. The third-order valence-electron chi connectivity index (χ3n) is 1.72. The number of rotatable bonds is 3. The summed E-state index contributed by atoms with van der Waals surface area (Å²) in [5.41, 5.74) is 0.371. The van der Waals surface area contributed by atoms with Crippen molar-refractivity contribution in [3.63, 3.8) is 0 Å². The molecule has 1 aromatic carbocycles. The number of benzene rings is 1. The number of phenols is 1. The van der Waals surface area contributed by atoms with Crippen LogP contribution in [0.3, 0.4) is 0 Å². The number of aromatic hydroxyl groups is 1. The van der Waals surface area contributed by atoms with Crippen molar-refractivity contribution >= 4 is 5.78 Å². The summed E-state index contributed by atoms with van der Waals surface area (Å²) < 4.78 is 4.83. The van der Waals surface area contributed by atoms with Crippen molar-refractivity contribution in [2.24, 2.45) is 0 Å². The number of phenolic OH excluding ortho intramolecular Hbond substituents is 1. The van der Waals surface area contributed by atoms with E-state index in [2.05, 4.69) is 4.85 Å². The van der Waals surface area contributed by atoms with Crippen molar-refractivity contribution in [2.45, 2.75) is 0 Å². The predicted molar refractivity (Wildman–Crippen MR) is 50.5 cm³/mol. The van der Waals surface area contributed by atoms with Crippen LogP contribution in [-0.4, -0.2) is 24.5 Å². The van der Waals surface area contributed by atoms with Crippen LogP contribution >= 0.6 is 0 Å². The Morgan fingerprint density at radius 3 is 2.93 bits per heavy atom. The fourth-order valence-electron chi connectivity index (χ4n) is 1.01. The van der Waals surface area contributed by atoms with E-state index in [0.29, 0.717) is 5.56 Å². The molecular formula is C10H9NO3. The van der Waals surface area contributed by atoms with Crippen LogP contribution < -0.4 is 4.74 Å². The largest absolute Gasteiger partial charge is 0.504 e. The second kappa shape index (κ2) is 4.28. The molecule has 0 atom stereocenters. The molecule has 0 saturated carbocycles. The maximum absolute atomic E-state index is 11.3. The zero-order chi connectivity index (χ0) is 10.6. The number of hydrogen-bond acceptors (Lipinski definition) is 3. The minimum atomic E-state index is -0.279. The molecule has 0 amide bonds. The third kappa shape index (κ3) is 2.02. The molecule has 0 saturated heterocycles. The summed E-state index contributed by atoms with van der Waals surface area (Å²) in [5, 5.41) is 9.25. The van der Waals surface area contributed by atoms with Crippen LogP contribution in [0, 0.1) is 6.57 Å². The molecule has 72 valence electrons. The predicted octanol–water partition coefficient (Wildman–Crippen LogP) is 1.50. The number of Topliss-reactive ketones (excluding diaryl/α,β-unsaturated/α-hetero) is 1. The van der Waals surface area contributed by atoms with E-state index < -0.39 is 0 Å². The number of nitrogens with zero attached hydrogens (tertiary/aromatic N) is 1. The van der Waals surface area contributed by atoms with Gasteiger partial charge in [0.05, 0.1) is 7.11 Å². The second-order valence-electron chi connectivity index (χ2n) is 2.63. The van der Waals surface area contributed by atoms with Crippen molar-refractivity contribution in [1.82, 2.24) is 0 Å². The summed E-state index contributed by atoms with van der Waals surface area (Å²) in [5.74, 6) is -0.0639. The molecule has 0 fully saturated rings. The number of hydrogen-bond donors (Lipinski definition) is 1. The summed E-state index contributed by atoms with van der Waals surface area (Å²) >= 11 is 0. The van der Waals surface area contributed by atoms with Gasteiger partial charge in [-0.1, -0.05) is 0 Å². The highest BCUT2D eigenvalue weighted by Crippen LogP contribution is 2.26. The van der Waals surface area contributed by atoms with Crippen molar-refractivity contribution in [1.29, 1.82) is 0 Å². The van der Waals surface area contributed by atoms with Gasteiger partial charge in [-0.2, -0.15) is 0 Å². The number of ketones is 1. The van der Waals surface area contributed by atoms with Gasteiger partial charge in [-0.25, -0.2) is 6.57 Å². The Morgan fingerprint density at radius 1 is 1.64 bits per heavy atom. The molecule has 0 heterocycles. The topological polar surface area (TPSA) is 50.9 Å². The van der Waals surface area contributed by atoms with Gasteiger partial charge in [-0.05, 0) is 18.2 Å². The maximum atomic E-state index is 11.3. The van der Waals surface area contributed by atoms with Crippen molar-refractivity contribution in [3.8, 4) is 11.5 Å². The first-order valence-electron chi connectivity index (χ1n) is 3.92. The molecule has 1 aromatic rings. The van der Waals surface area contributed by atoms with E-state index in [0.717, 1.165) is 0 Å². The molecule has 0 aliphatic carbocycles. The van der Waals surface area contributed by atoms with Gasteiger partial charge in [0.15, 0.2) is 11.5 Å². The van der Waals surface area contributed by atoms with Crippen molar-refractivity contribution < 1.29 is 14.6 Å². The zero-order valence-electron chi connectivity index (χ0n) is 7.65. The Labute approximate surface area is 81.6 Å². The molecule has 0 bridgehead atoms. The Morgan fingerprint density at radius 2 is 2.36 bits per heavy atom. The highest BCUT2D eigenvalue weighted by molar-refractivity contribution is 5.99. The number of carbonyl (C=O) groups is 1. The summed E-state index contributed by atoms with van der Waals surface area (Å²) in [6.07, 6.45) is 0. The molecular weight excluding hydrogens is 182 g/mol. The molecule has 1 N–H and O–H groups in total. The third-order valence-corrected chi connectivity index (χ3v) is 1.72. The highest BCUT2D eigenvalue weighted by atomic mass is 16.5. The fraction of sp³-hybridized carbons (Fsp3) is 0.200. The first-order chi connectivity index (χ1) is 6.69. The SMILES string of the molecule is [C-]#[N+]CC(=O)c1ccc(O)c(OC)c1. The monoisotopic (exact) mass is 191 g/mol. The smallest absolute Gasteiger partial charge is 0.276 e. The van der Waals surface area contributed by atoms with E-state index in [4.69, 9.17) is 11.3 Å². The first kappa shape index (κ1) is 10.1. The Hall–Kier alpha value is -2.02. The Kier molecular flexibility index (Phi) is 3.08. The fourth-order valence-corrected chi connectivity index (χ4v) is 1.01. The van der Waals surface area contributed by atoms with E-state index in [1.807, 2.05) is 0 Å². The molecule has 4 nitrogen and oxygen atoms in total. The molecule has 0 spiro atoms. The summed E-state index contributed by atoms with van der Waals surface area (Å²) in [6.45, 7) is 6.36. The molecule has 14 heavy (non-hydrogen) atoms. The molecule has 0 unspecified atom stereocenters. The quantitative estimate of drug-likeness (QED) is 0.581. The van der Waals surface area contributed by atoms with Crippen molar-refractivity contribution in [2.75, 3.05) is 13.7 Å². The second-order valence-corrected chi connectivity index (χ2v) is 2.63. The molecule has 0 radical (unpaired) electrons. The molecule has 4 heteroatoms. The van der Waals surface area contributed by atoms with E-state index in [9.17, 15) is 9.90 Å². The average molecular weight is 191 g/mol.